The van der Waals surface area contributed by atoms with E-state index in [-0.39, 0.29) is 0 Å². The van der Waals surface area contributed by atoms with Crippen molar-refractivity contribution in [2.45, 2.75) is 19.8 Å². The van der Waals surface area contributed by atoms with Crippen LogP contribution in [-0.4, -0.2) is 23.1 Å². The van der Waals surface area contributed by atoms with Crippen molar-refractivity contribution in [2.75, 3.05) is 18.0 Å². The molecule has 1 fully saturated rings. The number of rotatable bonds is 1. The van der Waals surface area contributed by atoms with Crippen LogP contribution in [-0.2, 0) is 0 Å². The van der Waals surface area contributed by atoms with Crippen molar-refractivity contribution >= 4 is 5.69 Å². The Morgan fingerprint density at radius 2 is 1.75 bits per heavy atom. The number of aryl methyl sites for hydroxylation is 1. The van der Waals surface area contributed by atoms with Crippen molar-refractivity contribution in [3.63, 3.8) is 0 Å². The summed E-state index contributed by atoms with van der Waals surface area (Å²) in [7, 11) is 0. The third kappa shape index (κ3) is 1.40. The molecule has 2 rings (SSSR count). The highest BCUT2D eigenvalue weighted by molar-refractivity contribution is 5.42. The van der Waals surface area contributed by atoms with E-state index in [1.165, 1.54) is 12.8 Å². The molecule has 0 amide bonds. The van der Waals surface area contributed by atoms with Gasteiger partial charge in [-0.15, -0.1) is 0 Å². The van der Waals surface area contributed by atoms with Crippen molar-refractivity contribution in [3.05, 3.63) is 18.2 Å². The normalized spacial score (nSPS) is 16.9. The summed E-state index contributed by atoms with van der Waals surface area (Å²) in [6, 6.07) is 0. The summed E-state index contributed by atoms with van der Waals surface area (Å²) in [5.41, 5.74) is 1.16. The second-order valence-corrected chi connectivity index (χ2v) is 3.18. The van der Waals surface area contributed by atoms with Crippen LogP contribution in [0.25, 0.3) is 0 Å². The first kappa shape index (κ1) is 7.53. The summed E-state index contributed by atoms with van der Waals surface area (Å²) in [4.78, 5) is 10.7. The first-order valence-electron chi connectivity index (χ1n) is 4.40. The van der Waals surface area contributed by atoms with E-state index in [2.05, 4.69) is 14.9 Å². The lowest BCUT2D eigenvalue weighted by molar-refractivity contribution is 0.936. The Morgan fingerprint density at radius 1 is 1.17 bits per heavy atom. The predicted octanol–water partition coefficient (Wildman–Crippen LogP) is 1.39. The van der Waals surface area contributed by atoms with Crippen LogP contribution in [0, 0.1) is 6.92 Å². The summed E-state index contributed by atoms with van der Waals surface area (Å²) < 4.78 is 0. The molecule has 3 nitrogen and oxygen atoms in total. The van der Waals surface area contributed by atoms with E-state index < -0.39 is 0 Å². The molecule has 12 heavy (non-hydrogen) atoms. The van der Waals surface area contributed by atoms with Crippen LogP contribution in [0.4, 0.5) is 5.69 Å². The Morgan fingerprint density at radius 3 is 2.33 bits per heavy atom. The van der Waals surface area contributed by atoms with E-state index in [4.69, 9.17) is 0 Å². The molecule has 0 spiro atoms. The zero-order valence-corrected chi connectivity index (χ0v) is 7.32. The molecule has 0 bridgehead atoms. The highest BCUT2D eigenvalue weighted by Crippen LogP contribution is 2.17. The zero-order valence-electron chi connectivity index (χ0n) is 7.32. The molecule has 64 valence electrons. The Hall–Kier alpha value is -1.12. The molecule has 0 aromatic carbocycles. The smallest absolute Gasteiger partial charge is 0.125 e. The van der Waals surface area contributed by atoms with E-state index in [0.717, 1.165) is 24.6 Å². The molecule has 0 unspecified atom stereocenters. The molecular formula is C9H13N3. The molecule has 2 heterocycles. The van der Waals surface area contributed by atoms with E-state index in [0.29, 0.717) is 0 Å². The van der Waals surface area contributed by atoms with Crippen LogP contribution in [0.1, 0.15) is 18.7 Å². The number of anilines is 1. The summed E-state index contributed by atoms with van der Waals surface area (Å²) in [5.74, 6) is 0.845. The third-order valence-corrected chi connectivity index (χ3v) is 2.24. The van der Waals surface area contributed by atoms with Gasteiger partial charge in [0.2, 0.25) is 0 Å². The zero-order chi connectivity index (χ0) is 8.39. The Bertz CT molecular complexity index is 249. The molecule has 3 heteroatoms. The van der Waals surface area contributed by atoms with Crippen LogP contribution in [0.3, 0.4) is 0 Å². The van der Waals surface area contributed by atoms with Crippen molar-refractivity contribution < 1.29 is 0 Å². The highest BCUT2D eigenvalue weighted by atomic mass is 15.2. The Balaban J connectivity index is 2.17. The molecule has 0 atom stereocenters. The lowest BCUT2D eigenvalue weighted by atomic mass is 10.4. The monoisotopic (exact) mass is 163 g/mol. The van der Waals surface area contributed by atoms with Gasteiger partial charge in [-0.25, -0.2) is 9.97 Å². The molecule has 1 aromatic heterocycles. The minimum atomic E-state index is 0.845. The number of nitrogens with zero attached hydrogens (tertiary/aromatic N) is 3. The number of hydrogen-bond donors (Lipinski definition) is 0. The number of aromatic nitrogens is 2. The summed E-state index contributed by atoms with van der Waals surface area (Å²) >= 11 is 0. The summed E-state index contributed by atoms with van der Waals surface area (Å²) in [6.07, 6.45) is 6.42. The topological polar surface area (TPSA) is 29.0 Å². The fourth-order valence-electron chi connectivity index (χ4n) is 1.52. The van der Waals surface area contributed by atoms with Crippen molar-refractivity contribution in [3.8, 4) is 0 Å². The molecule has 1 aliphatic rings. The van der Waals surface area contributed by atoms with Crippen molar-refractivity contribution in [1.82, 2.24) is 9.97 Å². The third-order valence-electron chi connectivity index (χ3n) is 2.24. The van der Waals surface area contributed by atoms with E-state index in [1.807, 2.05) is 19.3 Å². The summed E-state index contributed by atoms with van der Waals surface area (Å²) in [5, 5.41) is 0. The van der Waals surface area contributed by atoms with Gasteiger partial charge in [-0.2, -0.15) is 0 Å². The molecule has 0 N–H and O–H groups in total. The van der Waals surface area contributed by atoms with E-state index >= 15 is 0 Å². The molecule has 0 radical (unpaired) electrons. The maximum Gasteiger partial charge on any atom is 0.125 e. The average molecular weight is 163 g/mol. The maximum absolute atomic E-state index is 4.17. The molecular weight excluding hydrogens is 150 g/mol. The standard InChI is InChI=1S/C9H13N3/c1-8-10-6-9(7-11-8)12-4-2-3-5-12/h6-7H,2-5H2,1H3. The van der Waals surface area contributed by atoms with Crippen LogP contribution in [0.15, 0.2) is 12.4 Å². The van der Waals surface area contributed by atoms with E-state index in [1.54, 1.807) is 0 Å². The lowest BCUT2D eigenvalue weighted by Crippen LogP contribution is -2.17. The van der Waals surface area contributed by atoms with Gasteiger partial charge in [-0.3, -0.25) is 0 Å². The predicted molar refractivity (Wildman–Crippen MR) is 48.2 cm³/mol. The van der Waals surface area contributed by atoms with Gasteiger partial charge in [0.05, 0.1) is 18.1 Å². The van der Waals surface area contributed by atoms with Crippen LogP contribution in [0.5, 0.6) is 0 Å². The van der Waals surface area contributed by atoms with Crippen LogP contribution >= 0.6 is 0 Å². The van der Waals surface area contributed by atoms with Gasteiger partial charge in [0, 0.05) is 13.1 Å². The molecule has 0 aliphatic carbocycles. The minimum Gasteiger partial charge on any atom is -0.369 e. The first-order chi connectivity index (χ1) is 5.86. The largest absolute Gasteiger partial charge is 0.369 e. The van der Waals surface area contributed by atoms with E-state index in [9.17, 15) is 0 Å². The molecule has 1 aliphatic heterocycles. The van der Waals surface area contributed by atoms with Gasteiger partial charge >= 0.3 is 0 Å². The van der Waals surface area contributed by atoms with Gasteiger partial charge < -0.3 is 4.90 Å². The average Bonchev–Trinajstić information content (AvgIpc) is 2.58. The summed E-state index contributed by atoms with van der Waals surface area (Å²) in [6.45, 7) is 4.23. The fourth-order valence-corrected chi connectivity index (χ4v) is 1.52. The Kier molecular flexibility index (Phi) is 1.94. The molecule has 1 aromatic rings. The molecule has 1 saturated heterocycles. The maximum atomic E-state index is 4.17. The minimum absolute atomic E-state index is 0.845. The Labute approximate surface area is 72.4 Å². The van der Waals surface area contributed by atoms with Crippen molar-refractivity contribution in [1.29, 1.82) is 0 Å². The van der Waals surface area contributed by atoms with Crippen LogP contribution < -0.4 is 4.90 Å². The van der Waals surface area contributed by atoms with Gasteiger partial charge in [0.25, 0.3) is 0 Å². The second kappa shape index (κ2) is 3.09. The fraction of sp³-hybridized carbons (Fsp3) is 0.556. The van der Waals surface area contributed by atoms with Crippen molar-refractivity contribution in [2.24, 2.45) is 0 Å². The second-order valence-electron chi connectivity index (χ2n) is 3.18. The van der Waals surface area contributed by atoms with Gasteiger partial charge in [0.1, 0.15) is 5.82 Å². The first-order valence-corrected chi connectivity index (χ1v) is 4.40. The number of hydrogen-bond acceptors (Lipinski definition) is 3. The van der Waals surface area contributed by atoms with Gasteiger partial charge in [0.15, 0.2) is 0 Å². The SMILES string of the molecule is Cc1ncc(N2CCCC2)cn1. The lowest BCUT2D eigenvalue weighted by Gasteiger charge is -2.15. The van der Waals surface area contributed by atoms with Crippen LogP contribution in [0.2, 0.25) is 0 Å². The van der Waals surface area contributed by atoms with Gasteiger partial charge in [-0.1, -0.05) is 0 Å². The molecule has 0 saturated carbocycles. The highest BCUT2D eigenvalue weighted by Gasteiger charge is 2.11. The van der Waals surface area contributed by atoms with Gasteiger partial charge in [-0.05, 0) is 19.8 Å². The quantitative estimate of drug-likeness (QED) is 0.626.